The van der Waals surface area contributed by atoms with Gasteiger partial charge in [-0.25, -0.2) is 0 Å². The van der Waals surface area contributed by atoms with Crippen molar-refractivity contribution in [1.29, 1.82) is 0 Å². The van der Waals surface area contributed by atoms with E-state index in [9.17, 15) is 8.78 Å². The van der Waals surface area contributed by atoms with Gasteiger partial charge in [-0.15, -0.1) is 0 Å². The van der Waals surface area contributed by atoms with Crippen molar-refractivity contribution in [3.8, 4) is 5.75 Å². The fourth-order valence-electron chi connectivity index (χ4n) is 1.63. The molecule has 0 aromatic heterocycles. The van der Waals surface area contributed by atoms with Gasteiger partial charge in [-0.05, 0) is 43.1 Å². The predicted octanol–water partition coefficient (Wildman–Crippen LogP) is 2.05. The lowest BCUT2D eigenvalue weighted by atomic mass is 9.94. The lowest BCUT2D eigenvalue weighted by molar-refractivity contribution is -0.0498. The minimum Gasteiger partial charge on any atom is -0.435 e. The molecule has 0 radical (unpaired) electrons. The first-order valence-electron chi connectivity index (χ1n) is 4.98. The van der Waals surface area contributed by atoms with Gasteiger partial charge in [0.05, 0.1) is 0 Å². The highest BCUT2D eigenvalue weighted by atomic mass is 19.3. The molecule has 1 aromatic carbocycles. The van der Waals surface area contributed by atoms with Gasteiger partial charge < -0.3 is 10.1 Å². The van der Waals surface area contributed by atoms with Gasteiger partial charge in [0.1, 0.15) is 5.75 Å². The summed E-state index contributed by atoms with van der Waals surface area (Å²) in [6, 6.07) is 6.87. The van der Waals surface area contributed by atoms with Crippen molar-refractivity contribution < 1.29 is 13.5 Å². The maximum absolute atomic E-state index is 11.9. The number of hydrogen-bond acceptors (Lipinski definition) is 2. The molecule has 15 heavy (non-hydrogen) atoms. The SMILES string of the molecule is FC(F)Oc1ccc(CC2CNC2)cc1. The number of halogens is 2. The third-order valence-corrected chi connectivity index (χ3v) is 2.54. The Morgan fingerprint density at radius 3 is 2.40 bits per heavy atom. The summed E-state index contributed by atoms with van der Waals surface area (Å²) < 4.78 is 28.0. The van der Waals surface area contributed by atoms with E-state index >= 15 is 0 Å². The summed E-state index contributed by atoms with van der Waals surface area (Å²) in [6.45, 7) is -0.642. The molecule has 1 aliphatic heterocycles. The van der Waals surface area contributed by atoms with Crippen molar-refractivity contribution in [2.45, 2.75) is 13.0 Å². The van der Waals surface area contributed by atoms with Crippen LogP contribution in [0, 0.1) is 5.92 Å². The second kappa shape index (κ2) is 4.57. The molecule has 82 valence electrons. The molecule has 1 aromatic rings. The summed E-state index contributed by atoms with van der Waals surface area (Å²) in [4.78, 5) is 0. The van der Waals surface area contributed by atoms with Crippen LogP contribution in [-0.4, -0.2) is 19.7 Å². The topological polar surface area (TPSA) is 21.3 Å². The number of benzene rings is 1. The Labute approximate surface area is 87.2 Å². The first-order valence-corrected chi connectivity index (χ1v) is 4.98. The molecule has 2 nitrogen and oxygen atoms in total. The van der Waals surface area contributed by atoms with Crippen LogP contribution in [0.15, 0.2) is 24.3 Å². The molecule has 1 N–H and O–H groups in total. The third kappa shape index (κ3) is 2.89. The predicted molar refractivity (Wildman–Crippen MR) is 53.1 cm³/mol. The summed E-state index contributed by atoms with van der Waals surface area (Å²) in [5.41, 5.74) is 1.17. The first kappa shape index (κ1) is 10.4. The smallest absolute Gasteiger partial charge is 0.387 e. The van der Waals surface area contributed by atoms with Crippen molar-refractivity contribution >= 4 is 0 Å². The fourth-order valence-corrected chi connectivity index (χ4v) is 1.63. The van der Waals surface area contributed by atoms with Crippen LogP contribution >= 0.6 is 0 Å². The Hall–Kier alpha value is -1.16. The molecule has 0 saturated carbocycles. The van der Waals surface area contributed by atoms with Gasteiger partial charge in [-0.3, -0.25) is 0 Å². The van der Waals surface area contributed by atoms with Crippen LogP contribution in [0.3, 0.4) is 0 Å². The van der Waals surface area contributed by atoms with Crippen molar-refractivity contribution in [1.82, 2.24) is 5.32 Å². The van der Waals surface area contributed by atoms with E-state index in [-0.39, 0.29) is 5.75 Å². The van der Waals surface area contributed by atoms with Crippen LogP contribution in [0.25, 0.3) is 0 Å². The van der Waals surface area contributed by atoms with Gasteiger partial charge in [0.15, 0.2) is 0 Å². The summed E-state index contributed by atoms with van der Waals surface area (Å²) in [7, 11) is 0. The Bertz CT molecular complexity index is 309. The monoisotopic (exact) mass is 213 g/mol. The average molecular weight is 213 g/mol. The van der Waals surface area contributed by atoms with Crippen molar-refractivity contribution in [2.24, 2.45) is 5.92 Å². The molecule has 0 spiro atoms. The van der Waals surface area contributed by atoms with E-state index in [1.807, 2.05) is 12.1 Å². The van der Waals surface area contributed by atoms with Gasteiger partial charge in [0.25, 0.3) is 0 Å². The van der Waals surface area contributed by atoms with Gasteiger partial charge in [-0.2, -0.15) is 8.78 Å². The van der Waals surface area contributed by atoms with Crippen molar-refractivity contribution in [3.63, 3.8) is 0 Å². The zero-order valence-corrected chi connectivity index (χ0v) is 8.25. The van der Waals surface area contributed by atoms with E-state index in [0.29, 0.717) is 5.92 Å². The fraction of sp³-hybridized carbons (Fsp3) is 0.455. The van der Waals surface area contributed by atoms with Crippen LogP contribution in [0.1, 0.15) is 5.56 Å². The summed E-state index contributed by atoms with van der Waals surface area (Å²) in [5.74, 6) is 0.910. The first-order chi connectivity index (χ1) is 7.24. The molecule has 0 aliphatic carbocycles. The second-order valence-corrected chi connectivity index (χ2v) is 3.75. The molecule has 0 unspecified atom stereocenters. The zero-order chi connectivity index (χ0) is 10.7. The minimum absolute atomic E-state index is 0.223. The van der Waals surface area contributed by atoms with Gasteiger partial charge in [0, 0.05) is 0 Å². The van der Waals surface area contributed by atoms with E-state index in [1.165, 1.54) is 5.56 Å². The van der Waals surface area contributed by atoms with Gasteiger partial charge >= 0.3 is 6.61 Å². The standard InChI is InChI=1S/C11H13F2NO/c12-11(13)15-10-3-1-8(2-4-10)5-9-6-14-7-9/h1-4,9,11,14H,5-7H2. The number of alkyl halides is 2. The average Bonchev–Trinajstić information content (AvgIpc) is 2.13. The molecule has 1 saturated heterocycles. The van der Waals surface area contributed by atoms with Crippen LogP contribution in [0.4, 0.5) is 8.78 Å². The highest BCUT2D eigenvalue weighted by Crippen LogP contribution is 2.18. The molecular formula is C11H13F2NO. The molecule has 2 rings (SSSR count). The van der Waals surface area contributed by atoms with E-state index in [4.69, 9.17) is 0 Å². The molecule has 0 atom stereocenters. The van der Waals surface area contributed by atoms with E-state index in [1.54, 1.807) is 12.1 Å². The number of rotatable bonds is 4. The number of ether oxygens (including phenoxy) is 1. The molecule has 1 aliphatic rings. The molecule has 4 heteroatoms. The van der Waals surface area contributed by atoms with E-state index in [0.717, 1.165) is 19.5 Å². The highest BCUT2D eigenvalue weighted by molar-refractivity contribution is 5.27. The molecule has 1 heterocycles. The van der Waals surface area contributed by atoms with Crippen molar-refractivity contribution in [3.05, 3.63) is 29.8 Å². The second-order valence-electron chi connectivity index (χ2n) is 3.75. The summed E-state index contributed by atoms with van der Waals surface area (Å²) >= 11 is 0. The lowest BCUT2D eigenvalue weighted by Crippen LogP contribution is -2.43. The highest BCUT2D eigenvalue weighted by Gasteiger charge is 2.16. The zero-order valence-electron chi connectivity index (χ0n) is 8.25. The van der Waals surface area contributed by atoms with E-state index in [2.05, 4.69) is 10.1 Å². The Morgan fingerprint density at radius 1 is 1.27 bits per heavy atom. The number of nitrogens with one attached hydrogen (secondary N) is 1. The van der Waals surface area contributed by atoms with Crippen LogP contribution in [0.5, 0.6) is 5.75 Å². The number of hydrogen-bond donors (Lipinski definition) is 1. The Balaban J connectivity index is 1.91. The molecular weight excluding hydrogens is 200 g/mol. The van der Waals surface area contributed by atoms with Crippen LogP contribution in [0.2, 0.25) is 0 Å². The Kier molecular flexibility index (Phi) is 3.16. The summed E-state index contributed by atoms with van der Waals surface area (Å²) in [6.07, 6.45) is 1.00. The maximum Gasteiger partial charge on any atom is 0.387 e. The normalized spacial score (nSPS) is 16.5. The molecule has 0 amide bonds. The van der Waals surface area contributed by atoms with Crippen LogP contribution < -0.4 is 10.1 Å². The van der Waals surface area contributed by atoms with E-state index < -0.39 is 6.61 Å². The largest absolute Gasteiger partial charge is 0.435 e. The van der Waals surface area contributed by atoms with Crippen molar-refractivity contribution in [2.75, 3.05) is 13.1 Å². The molecule has 1 fully saturated rings. The summed E-state index contributed by atoms with van der Waals surface area (Å²) in [5, 5.41) is 3.20. The maximum atomic E-state index is 11.9. The van der Waals surface area contributed by atoms with Gasteiger partial charge in [-0.1, -0.05) is 12.1 Å². The minimum atomic E-state index is -2.74. The van der Waals surface area contributed by atoms with Crippen LogP contribution in [-0.2, 0) is 6.42 Å². The van der Waals surface area contributed by atoms with Gasteiger partial charge in [0.2, 0.25) is 0 Å². The quantitative estimate of drug-likeness (QED) is 0.826. The molecule has 0 bridgehead atoms. The lowest BCUT2D eigenvalue weighted by Gasteiger charge is -2.27. The Morgan fingerprint density at radius 2 is 1.93 bits per heavy atom. The third-order valence-electron chi connectivity index (χ3n) is 2.54.